The normalized spacial score (nSPS) is 22.8. The van der Waals surface area contributed by atoms with Crippen molar-refractivity contribution in [3.05, 3.63) is 28.8 Å². The average Bonchev–Trinajstić information content (AvgIpc) is 2.36. The van der Waals surface area contributed by atoms with E-state index in [2.05, 4.69) is 0 Å². The molecule has 3 rings (SSSR count). The Morgan fingerprint density at radius 1 is 1.11 bits per heavy atom. The van der Waals surface area contributed by atoms with Gasteiger partial charge in [0, 0.05) is 16.1 Å². The molecule has 2 nitrogen and oxygen atoms in total. The summed E-state index contributed by atoms with van der Waals surface area (Å²) in [7, 11) is 0. The van der Waals surface area contributed by atoms with Gasteiger partial charge in [-0.15, -0.1) is 0 Å². The molecule has 2 saturated carbocycles. The molecule has 0 spiro atoms. The predicted octanol–water partition coefficient (Wildman–Crippen LogP) is 4.39. The van der Waals surface area contributed by atoms with E-state index in [1.807, 2.05) is 18.2 Å². The van der Waals surface area contributed by atoms with Crippen LogP contribution >= 0.6 is 11.6 Å². The van der Waals surface area contributed by atoms with Crippen molar-refractivity contribution in [3.8, 4) is 5.75 Å². The molecule has 0 aliphatic heterocycles. The number of nitrogens with two attached hydrogens (primary N) is 1. The van der Waals surface area contributed by atoms with Gasteiger partial charge >= 0.3 is 0 Å². The standard InChI is InChI=1S/C16H22ClNO/c17-12-7-8-15(19-13-5-4-6-13)14(11-12)16(18)9-2-1-3-10-16/h7-8,11,13H,1-6,9-10,18H2. The largest absolute Gasteiger partial charge is 0.490 e. The van der Waals surface area contributed by atoms with Crippen LogP contribution in [0, 0.1) is 0 Å². The Kier molecular flexibility index (Phi) is 3.72. The topological polar surface area (TPSA) is 35.2 Å². The first-order valence-electron chi connectivity index (χ1n) is 7.43. The number of rotatable bonds is 3. The van der Waals surface area contributed by atoms with Crippen LogP contribution in [0.25, 0.3) is 0 Å². The summed E-state index contributed by atoms with van der Waals surface area (Å²) in [5.41, 5.74) is 7.52. The van der Waals surface area contributed by atoms with Gasteiger partial charge in [-0.3, -0.25) is 0 Å². The smallest absolute Gasteiger partial charge is 0.124 e. The number of hydrogen-bond donors (Lipinski definition) is 1. The molecular formula is C16H22ClNO. The third kappa shape index (κ3) is 2.75. The first-order chi connectivity index (χ1) is 9.17. The van der Waals surface area contributed by atoms with Crippen molar-refractivity contribution in [2.45, 2.75) is 63.0 Å². The third-order valence-electron chi connectivity index (χ3n) is 4.57. The lowest BCUT2D eigenvalue weighted by Gasteiger charge is -2.36. The molecule has 0 heterocycles. The zero-order valence-electron chi connectivity index (χ0n) is 11.3. The summed E-state index contributed by atoms with van der Waals surface area (Å²) in [5, 5.41) is 0.756. The van der Waals surface area contributed by atoms with Gasteiger partial charge in [-0.1, -0.05) is 30.9 Å². The molecule has 2 aliphatic carbocycles. The first-order valence-corrected chi connectivity index (χ1v) is 7.81. The Morgan fingerprint density at radius 3 is 2.47 bits per heavy atom. The van der Waals surface area contributed by atoms with Gasteiger partial charge < -0.3 is 10.5 Å². The van der Waals surface area contributed by atoms with Crippen LogP contribution in [0.3, 0.4) is 0 Å². The summed E-state index contributed by atoms with van der Waals surface area (Å²) in [6.45, 7) is 0. The van der Waals surface area contributed by atoms with Crippen molar-refractivity contribution in [2.24, 2.45) is 5.73 Å². The van der Waals surface area contributed by atoms with E-state index in [0.717, 1.165) is 29.2 Å². The SMILES string of the molecule is NC1(c2cc(Cl)ccc2OC2CCC2)CCCCC1. The molecule has 104 valence electrons. The van der Waals surface area contributed by atoms with Gasteiger partial charge in [0.2, 0.25) is 0 Å². The van der Waals surface area contributed by atoms with Gasteiger partial charge in [0.25, 0.3) is 0 Å². The predicted molar refractivity (Wildman–Crippen MR) is 78.7 cm³/mol. The minimum absolute atomic E-state index is 0.248. The van der Waals surface area contributed by atoms with E-state index < -0.39 is 0 Å². The fraction of sp³-hybridized carbons (Fsp3) is 0.625. The molecule has 0 bridgehead atoms. The van der Waals surface area contributed by atoms with Gasteiger partial charge in [0.1, 0.15) is 5.75 Å². The van der Waals surface area contributed by atoms with Crippen molar-refractivity contribution in [2.75, 3.05) is 0 Å². The van der Waals surface area contributed by atoms with Crippen LogP contribution in [-0.2, 0) is 5.54 Å². The van der Waals surface area contributed by atoms with E-state index in [0.29, 0.717) is 6.10 Å². The van der Waals surface area contributed by atoms with E-state index in [-0.39, 0.29) is 5.54 Å². The highest BCUT2D eigenvalue weighted by molar-refractivity contribution is 6.30. The number of benzene rings is 1. The van der Waals surface area contributed by atoms with Crippen molar-refractivity contribution in [3.63, 3.8) is 0 Å². The van der Waals surface area contributed by atoms with Crippen LogP contribution < -0.4 is 10.5 Å². The Bertz CT molecular complexity index is 450. The molecule has 0 unspecified atom stereocenters. The molecule has 0 saturated heterocycles. The van der Waals surface area contributed by atoms with Crippen molar-refractivity contribution < 1.29 is 4.74 Å². The molecule has 2 N–H and O–H groups in total. The molecule has 2 aliphatic rings. The summed E-state index contributed by atoms with van der Waals surface area (Å²) in [4.78, 5) is 0. The van der Waals surface area contributed by atoms with E-state index in [4.69, 9.17) is 22.1 Å². The molecular weight excluding hydrogens is 258 g/mol. The van der Waals surface area contributed by atoms with E-state index in [1.54, 1.807) is 0 Å². The Balaban J connectivity index is 1.90. The number of halogens is 1. The quantitative estimate of drug-likeness (QED) is 0.891. The molecule has 0 radical (unpaired) electrons. The van der Waals surface area contributed by atoms with Crippen LogP contribution in [-0.4, -0.2) is 6.10 Å². The lowest BCUT2D eigenvalue weighted by molar-refractivity contribution is 0.115. The zero-order chi connectivity index (χ0) is 13.3. The lowest BCUT2D eigenvalue weighted by atomic mass is 9.77. The second-order valence-corrected chi connectivity index (χ2v) is 6.46. The molecule has 2 fully saturated rings. The molecule has 3 heteroatoms. The van der Waals surface area contributed by atoms with Gasteiger partial charge in [0.15, 0.2) is 0 Å². The second kappa shape index (κ2) is 5.34. The fourth-order valence-electron chi connectivity index (χ4n) is 3.11. The van der Waals surface area contributed by atoms with Crippen LogP contribution in [0.5, 0.6) is 5.75 Å². The Morgan fingerprint density at radius 2 is 1.84 bits per heavy atom. The molecule has 0 amide bonds. The molecule has 0 atom stereocenters. The monoisotopic (exact) mass is 279 g/mol. The Hall–Kier alpha value is -0.730. The summed E-state index contributed by atoms with van der Waals surface area (Å²) in [6.07, 6.45) is 9.76. The lowest BCUT2D eigenvalue weighted by Crippen LogP contribution is -2.39. The molecule has 19 heavy (non-hydrogen) atoms. The maximum Gasteiger partial charge on any atom is 0.124 e. The summed E-state index contributed by atoms with van der Waals surface area (Å²) in [6, 6.07) is 5.92. The second-order valence-electron chi connectivity index (χ2n) is 6.03. The van der Waals surface area contributed by atoms with Crippen LogP contribution in [0.1, 0.15) is 56.9 Å². The minimum Gasteiger partial charge on any atom is -0.490 e. The van der Waals surface area contributed by atoms with Crippen molar-refractivity contribution >= 4 is 11.6 Å². The van der Waals surface area contributed by atoms with E-state index in [9.17, 15) is 0 Å². The summed E-state index contributed by atoms with van der Waals surface area (Å²) >= 11 is 6.17. The number of ether oxygens (including phenoxy) is 1. The highest BCUT2D eigenvalue weighted by Crippen LogP contribution is 2.41. The highest BCUT2D eigenvalue weighted by atomic mass is 35.5. The fourth-order valence-corrected chi connectivity index (χ4v) is 3.29. The van der Waals surface area contributed by atoms with Gasteiger partial charge in [-0.25, -0.2) is 0 Å². The first kappa shape index (κ1) is 13.3. The third-order valence-corrected chi connectivity index (χ3v) is 4.80. The van der Waals surface area contributed by atoms with Crippen molar-refractivity contribution in [1.29, 1.82) is 0 Å². The summed E-state index contributed by atoms with van der Waals surface area (Å²) < 4.78 is 6.12. The van der Waals surface area contributed by atoms with Gasteiger partial charge in [0.05, 0.1) is 6.10 Å². The summed E-state index contributed by atoms with van der Waals surface area (Å²) in [5.74, 6) is 0.957. The van der Waals surface area contributed by atoms with Crippen LogP contribution in [0.4, 0.5) is 0 Å². The van der Waals surface area contributed by atoms with E-state index >= 15 is 0 Å². The molecule has 1 aromatic carbocycles. The Labute approximate surface area is 120 Å². The zero-order valence-corrected chi connectivity index (χ0v) is 12.1. The molecule has 1 aromatic rings. The molecule has 0 aromatic heterocycles. The van der Waals surface area contributed by atoms with Crippen molar-refractivity contribution in [1.82, 2.24) is 0 Å². The number of hydrogen-bond acceptors (Lipinski definition) is 2. The van der Waals surface area contributed by atoms with Crippen LogP contribution in [0.2, 0.25) is 5.02 Å². The maximum absolute atomic E-state index is 6.65. The van der Waals surface area contributed by atoms with Gasteiger partial charge in [-0.05, 0) is 50.3 Å². The highest BCUT2D eigenvalue weighted by Gasteiger charge is 2.33. The van der Waals surface area contributed by atoms with Crippen LogP contribution in [0.15, 0.2) is 18.2 Å². The van der Waals surface area contributed by atoms with E-state index in [1.165, 1.54) is 38.5 Å². The van der Waals surface area contributed by atoms with Gasteiger partial charge in [-0.2, -0.15) is 0 Å². The maximum atomic E-state index is 6.65. The average molecular weight is 280 g/mol. The minimum atomic E-state index is -0.248.